The van der Waals surface area contributed by atoms with E-state index in [0.717, 1.165) is 24.3 Å². The average Bonchev–Trinajstić information content (AvgIpc) is 3.29. The van der Waals surface area contributed by atoms with Crippen LogP contribution < -0.4 is 10.2 Å². The Balaban J connectivity index is 1.58. The Morgan fingerprint density at radius 2 is 1.89 bits per heavy atom. The molecule has 0 aliphatic carbocycles. The Morgan fingerprint density at radius 3 is 2.64 bits per heavy atom. The van der Waals surface area contributed by atoms with Crippen LogP contribution in [0.1, 0.15) is 35.2 Å². The molecule has 1 aliphatic heterocycles. The van der Waals surface area contributed by atoms with Crippen molar-refractivity contribution in [2.24, 2.45) is 0 Å². The van der Waals surface area contributed by atoms with Crippen LogP contribution in [0.25, 0.3) is 11.3 Å². The van der Waals surface area contributed by atoms with Gasteiger partial charge in [-0.1, -0.05) is 6.07 Å². The van der Waals surface area contributed by atoms with Crippen molar-refractivity contribution in [3.8, 4) is 17.4 Å². The summed E-state index contributed by atoms with van der Waals surface area (Å²) in [7, 11) is 0. The first-order valence-electron chi connectivity index (χ1n) is 9.49. The van der Waals surface area contributed by atoms with Gasteiger partial charge in [0.25, 0.3) is 5.91 Å². The van der Waals surface area contributed by atoms with E-state index in [1.165, 1.54) is 19.3 Å². The fraction of sp³-hybridized carbons (Fsp3) is 0.217. The lowest BCUT2D eigenvalue weighted by Gasteiger charge is -2.29. The number of furan rings is 1. The van der Waals surface area contributed by atoms with E-state index >= 15 is 0 Å². The van der Waals surface area contributed by atoms with Gasteiger partial charge in [-0.15, -0.1) is 0 Å². The number of rotatable bonds is 4. The molecule has 0 spiro atoms. The molecular formula is C23H21N3O2. The fourth-order valence-corrected chi connectivity index (χ4v) is 3.53. The van der Waals surface area contributed by atoms with Crippen molar-refractivity contribution in [3.05, 3.63) is 72.0 Å². The summed E-state index contributed by atoms with van der Waals surface area (Å²) in [5.74, 6) is 0.457. The zero-order valence-electron chi connectivity index (χ0n) is 15.5. The summed E-state index contributed by atoms with van der Waals surface area (Å²) < 4.78 is 5.42. The number of nitrogens with one attached hydrogen (secondary N) is 1. The van der Waals surface area contributed by atoms with Gasteiger partial charge in [0.1, 0.15) is 11.8 Å². The number of benzene rings is 2. The number of anilines is 2. The molecule has 5 nitrogen and oxygen atoms in total. The monoisotopic (exact) mass is 371 g/mol. The molecule has 1 aliphatic rings. The minimum Gasteiger partial charge on any atom is -0.464 e. The summed E-state index contributed by atoms with van der Waals surface area (Å²) in [5, 5.41) is 12.3. The van der Waals surface area contributed by atoms with Crippen LogP contribution in [0, 0.1) is 11.3 Å². The van der Waals surface area contributed by atoms with Crippen LogP contribution in [0.3, 0.4) is 0 Å². The summed E-state index contributed by atoms with van der Waals surface area (Å²) >= 11 is 0. The number of amides is 1. The average molecular weight is 371 g/mol. The molecular weight excluding hydrogens is 350 g/mol. The van der Waals surface area contributed by atoms with Crippen LogP contribution in [-0.4, -0.2) is 19.0 Å². The van der Waals surface area contributed by atoms with Gasteiger partial charge in [0, 0.05) is 29.9 Å². The van der Waals surface area contributed by atoms with Gasteiger partial charge in [0.15, 0.2) is 0 Å². The third kappa shape index (κ3) is 3.77. The molecule has 0 bridgehead atoms. The van der Waals surface area contributed by atoms with Crippen LogP contribution in [0.2, 0.25) is 0 Å². The van der Waals surface area contributed by atoms with Gasteiger partial charge in [0.05, 0.1) is 17.5 Å². The lowest BCUT2D eigenvalue weighted by Crippen LogP contribution is -2.29. The Kier molecular flexibility index (Phi) is 5.11. The second-order valence-electron chi connectivity index (χ2n) is 6.90. The highest BCUT2D eigenvalue weighted by Crippen LogP contribution is 2.27. The van der Waals surface area contributed by atoms with E-state index in [4.69, 9.17) is 4.42 Å². The first kappa shape index (κ1) is 17.9. The number of nitrogens with zero attached hydrogens (tertiary/aromatic N) is 2. The Hall–Kier alpha value is -3.52. The maximum Gasteiger partial charge on any atom is 0.255 e. The molecule has 1 aromatic heterocycles. The van der Waals surface area contributed by atoms with Crippen molar-refractivity contribution in [1.29, 1.82) is 5.26 Å². The summed E-state index contributed by atoms with van der Waals surface area (Å²) in [4.78, 5) is 15.2. The number of piperidine rings is 1. The molecule has 1 saturated heterocycles. The van der Waals surface area contributed by atoms with E-state index in [9.17, 15) is 10.1 Å². The minimum absolute atomic E-state index is 0.230. The first-order chi connectivity index (χ1) is 13.7. The Morgan fingerprint density at radius 1 is 1.04 bits per heavy atom. The van der Waals surface area contributed by atoms with Gasteiger partial charge in [-0.05, 0) is 67.8 Å². The summed E-state index contributed by atoms with van der Waals surface area (Å²) in [6, 6.07) is 18.7. The summed E-state index contributed by atoms with van der Waals surface area (Å²) in [5.41, 5.74) is 3.34. The molecule has 140 valence electrons. The maximum absolute atomic E-state index is 12.9. The molecule has 2 heterocycles. The van der Waals surface area contributed by atoms with Gasteiger partial charge in [-0.3, -0.25) is 4.79 Å². The lowest BCUT2D eigenvalue weighted by molar-refractivity contribution is 0.102. The fourth-order valence-electron chi connectivity index (χ4n) is 3.53. The summed E-state index contributed by atoms with van der Waals surface area (Å²) in [6.07, 6.45) is 5.22. The highest BCUT2D eigenvalue weighted by molar-refractivity contribution is 6.05. The standard InChI is InChI=1S/C23H21N3O2/c24-16-19-10-9-17(22-8-5-13-28-22)15-21(19)25-23(27)18-6-4-7-20(14-18)26-11-2-1-3-12-26/h4-10,13-15H,1-3,11-12H2,(H,25,27). The highest BCUT2D eigenvalue weighted by atomic mass is 16.3. The summed E-state index contributed by atoms with van der Waals surface area (Å²) in [6.45, 7) is 2.05. The molecule has 0 unspecified atom stereocenters. The molecule has 1 amide bonds. The lowest BCUT2D eigenvalue weighted by atomic mass is 10.1. The molecule has 28 heavy (non-hydrogen) atoms. The number of hydrogen-bond acceptors (Lipinski definition) is 4. The van der Waals surface area contributed by atoms with E-state index in [0.29, 0.717) is 22.6 Å². The molecule has 0 saturated carbocycles. The van der Waals surface area contributed by atoms with Crippen LogP contribution in [-0.2, 0) is 0 Å². The van der Waals surface area contributed by atoms with Crippen molar-refractivity contribution in [2.75, 3.05) is 23.3 Å². The van der Waals surface area contributed by atoms with Crippen LogP contribution >= 0.6 is 0 Å². The number of carbonyl (C=O) groups is 1. The SMILES string of the molecule is N#Cc1ccc(-c2ccco2)cc1NC(=O)c1cccc(N2CCCCC2)c1. The van der Waals surface area contributed by atoms with E-state index in [1.807, 2.05) is 30.3 Å². The second kappa shape index (κ2) is 8.01. The second-order valence-corrected chi connectivity index (χ2v) is 6.90. The largest absolute Gasteiger partial charge is 0.464 e. The predicted octanol–water partition coefficient (Wildman–Crippen LogP) is 5.06. The van der Waals surface area contributed by atoms with Gasteiger partial charge in [-0.2, -0.15) is 5.26 Å². The molecule has 4 rings (SSSR count). The zero-order chi connectivity index (χ0) is 19.3. The number of carbonyl (C=O) groups excluding carboxylic acids is 1. The zero-order valence-corrected chi connectivity index (χ0v) is 15.5. The molecule has 3 aromatic rings. The van der Waals surface area contributed by atoms with Crippen LogP contribution in [0.15, 0.2) is 65.3 Å². The first-order valence-corrected chi connectivity index (χ1v) is 9.49. The van der Waals surface area contributed by atoms with Gasteiger partial charge in [-0.25, -0.2) is 0 Å². The van der Waals surface area contributed by atoms with E-state index < -0.39 is 0 Å². The highest BCUT2D eigenvalue weighted by Gasteiger charge is 2.15. The van der Waals surface area contributed by atoms with Crippen molar-refractivity contribution >= 4 is 17.3 Å². The third-order valence-electron chi connectivity index (χ3n) is 5.02. The van der Waals surface area contributed by atoms with Crippen molar-refractivity contribution in [3.63, 3.8) is 0 Å². The van der Waals surface area contributed by atoms with E-state index in [2.05, 4.69) is 16.3 Å². The van der Waals surface area contributed by atoms with Crippen molar-refractivity contribution in [2.45, 2.75) is 19.3 Å². The molecule has 2 aromatic carbocycles. The number of hydrogen-bond donors (Lipinski definition) is 1. The van der Waals surface area contributed by atoms with E-state index in [1.54, 1.807) is 30.5 Å². The van der Waals surface area contributed by atoms with Gasteiger partial charge >= 0.3 is 0 Å². The molecule has 5 heteroatoms. The maximum atomic E-state index is 12.9. The smallest absolute Gasteiger partial charge is 0.255 e. The molecule has 1 fully saturated rings. The van der Waals surface area contributed by atoms with E-state index in [-0.39, 0.29) is 5.91 Å². The van der Waals surface area contributed by atoms with Crippen molar-refractivity contribution < 1.29 is 9.21 Å². The predicted molar refractivity (Wildman–Crippen MR) is 109 cm³/mol. The Labute approximate surface area is 164 Å². The molecule has 0 radical (unpaired) electrons. The normalized spacial score (nSPS) is 13.8. The van der Waals surface area contributed by atoms with Crippen LogP contribution in [0.4, 0.5) is 11.4 Å². The topological polar surface area (TPSA) is 69.3 Å². The quantitative estimate of drug-likeness (QED) is 0.696. The van der Waals surface area contributed by atoms with Gasteiger partial charge in [0.2, 0.25) is 0 Å². The van der Waals surface area contributed by atoms with Crippen molar-refractivity contribution in [1.82, 2.24) is 0 Å². The van der Waals surface area contributed by atoms with Crippen LogP contribution in [0.5, 0.6) is 0 Å². The molecule has 1 N–H and O–H groups in total. The third-order valence-corrected chi connectivity index (χ3v) is 5.02. The number of nitriles is 1. The van der Waals surface area contributed by atoms with Gasteiger partial charge < -0.3 is 14.6 Å². The Bertz CT molecular complexity index is 1010. The minimum atomic E-state index is -0.230. The molecule has 0 atom stereocenters.